The van der Waals surface area contributed by atoms with Crippen molar-refractivity contribution in [1.29, 1.82) is 0 Å². The molecule has 0 atom stereocenters. The molecule has 0 aliphatic rings. The number of benzene rings is 1. The molecule has 19 heavy (non-hydrogen) atoms. The van der Waals surface area contributed by atoms with Crippen molar-refractivity contribution in [3.63, 3.8) is 0 Å². The zero-order valence-electron chi connectivity index (χ0n) is 11.5. The highest BCUT2D eigenvalue weighted by atomic mass is 19.1. The number of nitrogens with zero attached hydrogens (tertiary/aromatic N) is 2. The minimum atomic E-state index is -0.692. The fourth-order valence-electron chi connectivity index (χ4n) is 1.94. The van der Waals surface area contributed by atoms with Crippen molar-refractivity contribution in [2.45, 2.75) is 20.7 Å². The number of hydrogen-bond acceptors (Lipinski definition) is 3. The lowest BCUT2D eigenvalue weighted by atomic mass is 9.87. The molecular formula is C13H17BFN3O. The van der Waals surface area contributed by atoms with E-state index in [1.807, 2.05) is 20.0 Å². The Hall–Kier alpha value is -1.82. The van der Waals surface area contributed by atoms with Gasteiger partial charge in [-0.05, 0) is 44.4 Å². The van der Waals surface area contributed by atoms with Crippen molar-refractivity contribution in [3.05, 3.63) is 35.3 Å². The van der Waals surface area contributed by atoms with Crippen LogP contribution in [0.25, 0.3) is 11.3 Å². The van der Waals surface area contributed by atoms with Crippen molar-refractivity contribution in [2.24, 2.45) is 7.05 Å². The predicted octanol–water partition coefficient (Wildman–Crippen LogP) is 2.37. The first-order valence-corrected chi connectivity index (χ1v) is 6.14. The summed E-state index contributed by atoms with van der Waals surface area (Å²) in [4.78, 5) is 0. The standard InChI is InChI=1S/C13H17BFN3O/c1-8-5-11(15)10(7-12(8)16-14(3)19)13-6-9(2)18(4)17-13/h5-7,16,19H,1-4H3. The summed E-state index contributed by atoms with van der Waals surface area (Å²) >= 11 is 0. The van der Waals surface area contributed by atoms with E-state index in [2.05, 4.69) is 10.3 Å². The van der Waals surface area contributed by atoms with Gasteiger partial charge < -0.3 is 10.3 Å². The van der Waals surface area contributed by atoms with Gasteiger partial charge >= 0.3 is 7.05 Å². The van der Waals surface area contributed by atoms with E-state index in [1.54, 1.807) is 24.5 Å². The van der Waals surface area contributed by atoms with Gasteiger partial charge in [0.05, 0.1) is 5.69 Å². The summed E-state index contributed by atoms with van der Waals surface area (Å²) in [6.07, 6.45) is 0. The molecule has 0 aliphatic carbocycles. The van der Waals surface area contributed by atoms with Gasteiger partial charge in [-0.25, -0.2) is 4.39 Å². The van der Waals surface area contributed by atoms with Crippen LogP contribution in [0.2, 0.25) is 6.82 Å². The second-order valence-electron chi connectivity index (χ2n) is 4.76. The summed E-state index contributed by atoms with van der Waals surface area (Å²) in [6, 6.07) is 4.96. The molecular weight excluding hydrogens is 244 g/mol. The minimum Gasteiger partial charge on any atom is -0.433 e. The molecule has 1 heterocycles. The molecule has 2 rings (SSSR count). The Balaban J connectivity index is 2.50. The first-order chi connectivity index (χ1) is 8.88. The van der Waals surface area contributed by atoms with Crippen LogP contribution in [0.4, 0.5) is 10.1 Å². The number of anilines is 1. The lowest BCUT2D eigenvalue weighted by molar-refractivity contribution is 0.586. The fraction of sp³-hybridized carbons (Fsp3) is 0.308. The first-order valence-electron chi connectivity index (χ1n) is 6.14. The fourth-order valence-corrected chi connectivity index (χ4v) is 1.94. The number of aryl methyl sites for hydroxylation is 3. The third-order valence-electron chi connectivity index (χ3n) is 3.07. The normalized spacial score (nSPS) is 10.6. The molecule has 0 spiro atoms. The Morgan fingerprint density at radius 2 is 2.00 bits per heavy atom. The Morgan fingerprint density at radius 3 is 2.53 bits per heavy atom. The molecule has 2 N–H and O–H groups in total. The Morgan fingerprint density at radius 1 is 1.32 bits per heavy atom. The third-order valence-corrected chi connectivity index (χ3v) is 3.07. The van der Waals surface area contributed by atoms with Crippen LogP contribution in [0.1, 0.15) is 11.3 Å². The van der Waals surface area contributed by atoms with E-state index < -0.39 is 7.05 Å². The van der Waals surface area contributed by atoms with Crippen LogP contribution in [0.3, 0.4) is 0 Å². The minimum absolute atomic E-state index is 0.313. The lowest BCUT2D eigenvalue weighted by Gasteiger charge is -2.12. The van der Waals surface area contributed by atoms with E-state index in [1.165, 1.54) is 6.07 Å². The number of aromatic nitrogens is 2. The highest BCUT2D eigenvalue weighted by molar-refractivity contribution is 6.52. The zero-order valence-corrected chi connectivity index (χ0v) is 11.5. The van der Waals surface area contributed by atoms with Crippen LogP contribution < -0.4 is 5.23 Å². The van der Waals surface area contributed by atoms with Gasteiger partial charge in [-0.2, -0.15) is 5.10 Å². The van der Waals surface area contributed by atoms with Gasteiger partial charge in [-0.15, -0.1) is 0 Å². The molecule has 0 saturated carbocycles. The smallest absolute Gasteiger partial charge is 0.406 e. The molecule has 6 heteroatoms. The topological polar surface area (TPSA) is 50.1 Å². The van der Waals surface area contributed by atoms with Gasteiger partial charge in [0, 0.05) is 24.0 Å². The van der Waals surface area contributed by atoms with Crippen LogP contribution in [-0.2, 0) is 7.05 Å². The molecule has 4 nitrogen and oxygen atoms in total. The summed E-state index contributed by atoms with van der Waals surface area (Å²) in [5, 5.41) is 16.5. The van der Waals surface area contributed by atoms with Crippen LogP contribution in [0.15, 0.2) is 18.2 Å². The van der Waals surface area contributed by atoms with E-state index in [4.69, 9.17) is 0 Å². The zero-order chi connectivity index (χ0) is 14.2. The molecule has 0 radical (unpaired) electrons. The molecule has 0 bridgehead atoms. The van der Waals surface area contributed by atoms with Crippen molar-refractivity contribution >= 4 is 12.7 Å². The maximum atomic E-state index is 14.1. The van der Waals surface area contributed by atoms with Crippen LogP contribution in [0, 0.1) is 19.7 Å². The summed E-state index contributed by atoms with van der Waals surface area (Å²) < 4.78 is 15.8. The van der Waals surface area contributed by atoms with Gasteiger partial charge in [0.15, 0.2) is 0 Å². The van der Waals surface area contributed by atoms with E-state index >= 15 is 0 Å². The highest BCUT2D eigenvalue weighted by Gasteiger charge is 2.14. The summed E-state index contributed by atoms with van der Waals surface area (Å²) in [5.41, 5.74) is 3.42. The quantitative estimate of drug-likeness (QED) is 0.834. The first kappa shape index (κ1) is 13.6. The Kier molecular flexibility index (Phi) is 3.62. The van der Waals surface area contributed by atoms with Crippen molar-refractivity contribution in [1.82, 2.24) is 9.78 Å². The number of nitrogens with one attached hydrogen (secondary N) is 1. The summed E-state index contributed by atoms with van der Waals surface area (Å²) in [7, 11) is 1.13. The average Bonchev–Trinajstić information content (AvgIpc) is 2.62. The maximum Gasteiger partial charge on any atom is 0.406 e. The Labute approximate surface area is 112 Å². The molecule has 0 fully saturated rings. The van der Waals surface area contributed by atoms with Crippen molar-refractivity contribution in [2.75, 3.05) is 5.23 Å². The van der Waals surface area contributed by atoms with Crippen LogP contribution in [-0.4, -0.2) is 21.9 Å². The molecule has 0 unspecified atom stereocenters. The molecule has 100 valence electrons. The maximum absolute atomic E-state index is 14.1. The SMILES string of the molecule is CB(O)Nc1cc(-c2cc(C)n(C)n2)c(F)cc1C. The molecule has 0 saturated heterocycles. The second-order valence-corrected chi connectivity index (χ2v) is 4.76. The van der Waals surface area contributed by atoms with Crippen LogP contribution in [0.5, 0.6) is 0 Å². The Bertz CT molecular complexity index is 591. The highest BCUT2D eigenvalue weighted by Crippen LogP contribution is 2.28. The lowest BCUT2D eigenvalue weighted by Crippen LogP contribution is -2.20. The van der Waals surface area contributed by atoms with Crippen molar-refractivity contribution in [3.8, 4) is 11.3 Å². The molecule has 0 amide bonds. The predicted molar refractivity (Wildman–Crippen MR) is 75.5 cm³/mol. The van der Waals surface area contributed by atoms with Gasteiger partial charge in [-0.1, -0.05) is 0 Å². The average molecular weight is 261 g/mol. The third kappa shape index (κ3) is 2.79. The van der Waals surface area contributed by atoms with E-state index in [0.29, 0.717) is 16.9 Å². The number of hydrogen-bond donors (Lipinski definition) is 2. The van der Waals surface area contributed by atoms with E-state index in [9.17, 15) is 9.41 Å². The largest absolute Gasteiger partial charge is 0.433 e. The van der Waals surface area contributed by atoms with Crippen LogP contribution >= 0.6 is 0 Å². The van der Waals surface area contributed by atoms with E-state index in [-0.39, 0.29) is 5.82 Å². The molecule has 1 aromatic heterocycles. The van der Waals surface area contributed by atoms with Gasteiger partial charge in [0.25, 0.3) is 0 Å². The van der Waals surface area contributed by atoms with Gasteiger partial charge in [0.1, 0.15) is 5.82 Å². The summed E-state index contributed by atoms with van der Waals surface area (Å²) in [5.74, 6) is -0.313. The van der Waals surface area contributed by atoms with Gasteiger partial charge in [-0.3, -0.25) is 4.68 Å². The monoisotopic (exact) mass is 261 g/mol. The number of halogens is 1. The molecule has 2 aromatic rings. The summed E-state index contributed by atoms with van der Waals surface area (Å²) in [6.45, 7) is 5.33. The van der Waals surface area contributed by atoms with Crippen molar-refractivity contribution < 1.29 is 9.41 Å². The molecule has 1 aromatic carbocycles. The number of rotatable bonds is 3. The van der Waals surface area contributed by atoms with Gasteiger partial charge in [0.2, 0.25) is 0 Å². The van der Waals surface area contributed by atoms with E-state index in [0.717, 1.165) is 11.3 Å². The second kappa shape index (κ2) is 5.05. The molecule has 0 aliphatic heterocycles.